The Labute approximate surface area is 175 Å². The van der Waals surface area contributed by atoms with E-state index in [-0.39, 0.29) is 16.2 Å². The van der Waals surface area contributed by atoms with Crippen LogP contribution in [0.25, 0.3) is 0 Å². The molecule has 1 N–H and O–H groups in total. The Balaban J connectivity index is 1.90. The van der Waals surface area contributed by atoms with Crippen molar-refractivity contribution in [3.8, 4) is 11.5 Å². The van der Waals surface area contributed by atoms with Gasteiger partial charge in [0, 0.05) is 18.8 Å². The molecule has 2 aromatic carbocycles. The minimum Gasteiger partial charge on any atom is -0.496 e. The normalized spacial score (nSPS) is 15.0. The van der Waals surface area contributed by atoms with E-state index in [1.54, 1.807) is 18.2 Å². The number of sulfonamides is 1. The molecule has 7 nitrogen and oxygen atoms in total. The highest BCUT2D eigenvalue weighted by atomic mass is 35.5. The van der Waals surface area contributed by atoms with Crippen LogP contribution in [0.3, 0.4) is 0 Å². The predicted octanol–water partition coefficient (Wildman–Crippen LogP) is 3.78. The fourth-order valence-corrected chi connectivity index (χ4v) is 5.02. The summed E-state index contributed by atoms with van der Waals surface area (Å²) >= 11 is 6.10. The largest absolute Gasteiger partial charge is 0.496 e. The smallest absolute Gasteiger partial charge is 0.259 e. The molecule has 1 aliphatic rings. The maximum Gasteiger partial charge on any atom is 0.259 e. The second-order valence-corrected chi connectivity index (χ2v) is 8.98. The number of anilines is 1. The molecule has 1 amide bonds. The summed E-state index contributed by atoms with van der Waals surface area (Å²) in [5.41, 5.74) is 0.574. The van der Waals surface area contributed by atoms with Crippen molar-refractivity contribution in [2.45, 2.75) is 24.2 Å². The monoisotopic (exact) mass is 438 g/mol. The van der Waals surface area contributed by atoms with Gasteiger partial charge in [-0.25, -0.2) is 8.42 Å². The van der Waals surface area contributed by atoms with Gasteiger partial charge in [0.2, 0.25) is 10.0 Å². The van der Waals surface area contributed by atoms with E-state index in [0.717, 1.165) is 19.3 Å². The van der Waals surface area contributed by atoms with Crippen molar-refractivity contribution in [2.24, 2.45) is 0 Å². The van der Waals surface area contributed by atoms with Crippen molar-refractivity contribution in [1.82, 2.24) is 4.31 Å². The van der Waals surface area contributed by atoms with E-state index >= 15 is 0 Å². The number of halogens is 1. The van der Waals surface area contributed by atoms with Gasteiger partial charge in [0.25, 0.3) is 5.91 Å². The van der Waals surface area contributed by atoms with Gasteiger partial charge in [0.05, 0.1) is 29.7 Å². The molecule has 2 aromatic rings. The van der Waals surface area contributed by atoms with Crippen molar-refractivity contribution in [3.63, 3.8) is 0 Å². The molecular formula is C20H23ClN2O5S. The van der Waals surface area contributed by atoms with Crippen molar-refractivity contribution >= 4 is 33.2 Å². The van der Waals surface area contributed by atoms with Gasteiger partial charge in [-0.05, 0) is 49.2 Å². The molecule has 1 saturated heterocycles. The highest BCUT2D eigenvalue weighted by Crippen LogP contribution is 2.29. The van der Waals surface area contributed by atoms with Gasteiger partial charge in [-0.2, -0.15) is 4.31 Å². The number of rotatable bonds is 6. The Morgan fingerprint density at radius 1 is 1.00 bits per heavy atom. The SMILES string of the molecule is COc1ccc(NC(=O)c2cc(S(=O)(=O)N3CCCCC3)ccc2OC)cc1Cl. The number of piperidine rings is 1. The Hall–Kier alpha value is -2.29. The van der Waals surface area contributed by atoms with Crippen LogP contribution in [0.5, 0.6) is 11.5 Å². The summed E-state index contributed by atoms with van der Waals surface area (Å²) in [6.45, 7) is 0.973. The number of hydrogen-bond acceptors (Lipinski definition) is 5. The predicted molar refractivity (Wildman–Crippen MR) is 112 cm³/mol. The molecule has 0 aliphatic carbocycles. The van der Waals surface area contributed by atoms with E-state index in [1.165, 1.54) is 36.7 Å². The number of nitrogens with one attached hydrogen (secondary N) is 1. The number of nitrogens with zero attached hydrogens (tertiary/aromatic N) is 1. The molecule has 0 atom stereocenters. The molecule has 1 aliphatic heterocycles. The van der Waals surface area contributed by atoms with E-state index in [4.69, 9.17) is 21.1 Å². The van der Waals surface area contributed by atoms with Crippen LogP contribution in [-0.2, 0) is 10.0 Å². The number of hydrogen-bond donors (Lipinski definition) is 1. The highest BCUT2D eigenvalue weighted by Gasteiger charge is 2.27. The zero-order chi connectivity index (χ0) is 21.0. The number of ether oxygens (including phenoxy) is 2. The van der Waals surface area contributed by atoms with Gasteiger partial charge in [-0.1, -0.05) is 18.0 Å². The summed E-state index contributed by atoms with van der Waals surface area (Å²) in [5, 5.41) is 3.06. The average Bonchev–Trinajstić information content (AvgIpc) is 2.74. The molecule has 0 aromatic heterocycles. The average molecular weight is 439 g/mol. The first-order valence-electron chi connectivity index (χ1n) is 9.20. The van der Waals surface area contributed by atoms with Gasteiger partial charge in [0.1, 0.15) is 11.5 Å². The molecule has 3 rings (SSSR count). The molecule has 1 fully saturated rings. The van der Waals surface area contributed by atoms with E-state index < -0.39 is 15.9 Å². The first-order chi connectivity index (χ1) is 13.9. The molecule has 0 saturated carbocycles. The van der Waals surface area contributed by atoms with E-state index in [0.29, 0.717) is 29.5 Å². The molecule has 0 radical (unpaired) electrons. The second-order valence-electron chi connectivity index (χ2n) is 6.63. The molecule has 1 heterocycles. The Morgan fingerprint density at radius 2 is 1.66 bits per heavy atom. The Kier molecular flexibility index (Phi) is 6.66. The molecule has 156 valence electrons. The van der Waals surface area contributed by atoms with Gasteiger partial charge < -0.3 is 14.8 Å². The summed E-state index contributed by atoms with van der Waals surface area (Å²) in [6, 6.07) is 9.13. The highest BCUT2D eigenvalue weighted by molar-refractivity contribution is 7.89. The van der Waals surface area contributed by atoms with E-state index in [1.807, 2.05) is 0 Å². The summed E-state index contributed by atoms with van der Waals surface area (Å²) < 4.78 is 37.7. The van der Waals surface area contributed by atoms with Crippen LogP contribution < -0.4 is 14.8 Å². The molecule has 0 spiro atoms. The minimum absolute atomic E-state index is 0.0677. The third-order valence-corrected chi connectivity index (χ3v) is 6.97. The van der Waals surface area contributed by atoms with Gasteiger partial charge >= 0.3 is 0 Å². The van der Waals surface area contributed by atoms with E-state index in [2.05, 4.69) is 5.32 Å². The number of amides is 1. The van der Waals surface area contributed by atoms with Crippen LogP contribution in [0.4, 0.5) is 5.69 Å². The summed E-state index contributed by atoms with van der Waals surface area (Å²) in [4.78, 5) is 12.9. The number of carbonyl (C=O) groups excluding carboxylic acids is 1. The zero-order valence-corrected chi connectivity index (χ0v) is 17.8. The summed E-state index contributed by atoms with van der Waals surface area (Å²) in [7, 11) is -0.747. The summed E-state index contributed by atoms with van der Waals surface area (Å²) in [5.74, 6) is 0.260. The Morgan fingerprint density at radius 3 is 2.28 bits per heavy atom. The molecule has 9 heteroatoms. The third kappa shape index (κ3) is 4.66. The van der Waals surface area contributed by atoms with Crippen LogP contribution in [0.15, 0.2) is 41.3 Å². The minimum atomic E-state index is -3.67. The van der Waals surface area contributed by atoms with Crippen molar-refractivity contribution < 1.29 is 22.7 Å². The van der Waals surface area contributed by atoms with Crippen LogP contribution in [0.2, 0.25) is 5.02 Å². The summed E-state index contributed by atoms with van der Waals surface area (Å²) in [6.07, 6.45) is 2.69. The molecule has 0 unspecified atom stereocenters. The maximum atomic E-state index is 13.0. The lowest BCUT2D eigenvalue weighted by Crippen LogP contribution is -2.35. The third-order valence-electron chi connectivity index (χ3n) is 4.78. The lowest BCUT2D eigenvalue weighted by molar-refractivity contribution is 0.102. The van der Waals surface area contributed by atoms with Gasteiger partial charge in [0.15, 0.2) is 0 Å². The Bertz CT molecular complexity index is 1000. The van der Waals surface area contributed by atoms with Crippen LogP contribution in [0, 0.1) is 0 Å². The van der Waals surface area contributed by atoms with Crippen LogP contribution in [0.1, 0.15) is 29.6 Å². The number of benzene rings is 2. The lowest BCUT2D eigenvalue weighted by atomic mass is 10.1. The van der Waals surface area contributed by atoms with Crippen LogP contribution >= 0.6 is 11.6 Å². The first kappa shape index (κ1) is 21.4. The zero-order valence-electron chi connectivity index (χ0n) is 16.3. The quantitative estimate of drug-likeness (QED) is 0.741. The van der Waals surface area contributed by atoms with Crippen LogP contribution in [-0.4, -0.2) is 45.9 Å². The van der Waals surface area contributed by atoms with Crippen molar-refractivity contribution in [1.29, 1.82) is 0 Å². The fraction of sp³-hybridized carbons (Fsp3) is 0.350. The topological polar surface area (TPSA) is 84.9 Å². The number of carbonyl (C=O) groups is 1. The lowest BCUT2D eigenvalue weighted by Gasteiger charge is -2.26. The standard InChI is InChI=1S/C20H23ClN2O5S/c1-27-18-9-7-15(29(25,26)23-10-4-3-5-11-23)13-16(18)20(24)22-14-6-8-19(28-2)17(21)12-14/h6-9,12-13H,3-5,10-11H2,1-2H3,(H,22,24). The van der Waals surface area contributed by atoms with Gasteiger partial charge in [-0.15, -0.1) is 0 Å². The molecule has 0 bridgehead atoms. The van der Waals surface area contributed by atoms with E-state index in [9.17, 15) is 13.2 Å². The second kappa shape index (κ2) is 9.02. The fourth-order valence-electron chi connectivity index (χ4n) is 3.22. The molecule has 29 heavy (non-hydrogen) atoms. The number of methoxy groups -OCH3 is 2. The first-order valence-corrected chi connectivity index (χ1v) is 11.0. The van der Waals surface area contributed by atoms with Gasteiger partial charge in [-0.3, -0.25) is 4.79 Å². The van der Waals surface area contributed by atoms with Crippen molar-refractivity contribution in [2.75, 3.05) is 32.6 Å². The molecular weight excluding hydrogens is 416 g/mol. The van der Waals surface area contributed by atoms with Crippen molar-refractivity contribution in [3.05, 3.63) is 47.0 Å². The maximum absolute atomic E-state index is 13.0.